The summed E-state index contributed by atoms with van der Waals surface area (Å²) in [5.74, 6) is 0.859. The first-order valence-corrected chi connectivity index (χ1v) is 11.5. The average molecular weight is 459 g/mol. The summed E-state index contributed by atoms with van der Waals surface area (Å²) < 4.78 is 15.7. The van der Waals surface area contributed by atoms with Crippen LogP contribution < -0.4 is 20.1 Å². The third-order valence-corrected chi connectivity index (χ3v) is 6.50. The van der Waals surface area contributed by atoms with Gasteiger partial charge in [0.25, 0.3) is 5.91 Å². The van der Waals surface area contributed by atoms with E-state index in [-0.39, 0.29) is 11.8 Å². The normalized spacial score (nSPS) is 13.0. The van der Waals surface area contributed by atoms with E-state index < -0.39 is 0 Å². The molecule has 7 nitrogen and oxygen atoms in total. The van der Waals surface area contributed by atoms with E-state index in [2.05, 4.69) is 10.6 Å². The Morgan fingerprint density at radius 3 is 2.69 bits per heavy atom. The number of thiophene rings is 1. The maximum atomic E-state index is 12.9. The average Bonchev–Trinajstić information content (AvgIpc) is 3.17. The number of ether oxygens (including phenoxy) is 3. The molecule has 0 saturated heterocycles. The topological polar surface area (TPSA) is 85.9 Å². The van der Waals surface area contributed by atoms with Crippen LogP contribution in [0.5, 0.6) is 11.5 Å². The minimum absolute atomic E-state index is 0.144. The van der Waals surface area contributed by atoms with Crippen LogP contribution in [0.4, 0.5) is 5.00 Å². The summed E-state index contributed by atoms with van der Waals surface area (Å²) in [7, 11) is 4.80. The number of anilines is 1. The van der Waals surface area contributed by atoms with E-state index in [1.165, 1.54) is 22.3 Å². The summed E-state index contributed by atoms with van der Waals surface area (Å²) in [6.07, 6.45) is 7.81. The first-order valence-electron chi connectivity index (χ1n) is 10.7. The minimum Gasteiger partial charge on any atom is -0.497 e. The van der Waals surface area contributed by atoms with E-state index in [0.29, 0.717) is 35.2 Å². The van der Waals surface area contributed by atoms with Crippen LogP contribution in [0.1, 0.15) is 45.6 Å². The van der Waals surface area contributed by atoms with Crippen molar-refractivity contribution >= 4 is 34.2 Å². The zero-order valence-electron chi connectivity index (χ0n) is 18.8. The second-order valence-electron chi connectivity index (χ2n) is 7.45. The molecule has 2 N–H and O–H groups in total. The molecule has 0 fully saturated rings. The molecule has 2 amide bonds. The van der Waals surface area contributed by atoms with Gasteiger partial charge in [-0.05, 0) is 61.9 Å². The molecule has 32 heavy (non-hydrogen) atoms. The lowest BCUT2D eigenvalue weighted by molar-refractivity contribution is -0.111. The number of nitrogens with one attached hydrogen (secondary N) is 2. The van der Waals surface area contributed by atoms with Crippen LogP contribution in [0.25, 0.3) is 6.08 Å². The highest BCUT2D eigenvalue weighted by Crippen LogP contribution is 2.38. The molecule has 0 saturated carbocycles. The SMILES string of the molecule is COCCCNC(=O)c1c(NC(=O)/C=C/c2cc(OC)ccc2OC)sc2c1CCCC2. The fourth-order valence-electron chi connectivity index (χ4n) is 3.69. The molecule has 1 heterocycles. The second kappa shape index (κ2) is 11.7. The highest BCUT2D eigenvalue weighted by atomic mass is 32.1. The molecule has 8 heteroatoms. The lowest BCUT2D eigenvalue weighted by Crippen LogP contribution is -2.27. The van der Waals surface area contributed by atoms with Crippen molar-refractivity contribution in [1.29, 1.82) is 0 Å². The molecule has 1 aliphatic rings. The smallest absolute Gasteiger partial charge is 0.254 e. The molecule has 172 valence electrons. The monoisotopic (exact) mass is 458 g/mol. The third kappa shape index (κ3) is 5.89. The van der Waals surface area contributed by atoms with Crippen molar-refractivity contribution in [2.24, 2.45) is 0 Å². The number of hydrogen-bond donors (Lipinski definition) is 2. The number of methoxy groups -OCH3 is 3. The van der Waals surface area contributed by atoms with Crippen molar-refractivity contribution in [3.63, 3.8) is 0 Å². The molecule has 1 aromatic carbocycles. The molecule has 0 atom stereocenters. The Bertz CT molecular complexity index is 983. The van der Waals surface area contributed by atoms with Crippen molar-refractivity contribution in [2.45, 2.75) is 32.1 Å². The molecule has 0 unspecified atom stereocenters. The van der Waals surface area contributed by atoms with E-state index in [1.807, 2.05) is 0 Å². The summed E-state index contributed by atoms with van der Waals surface area (Å²) in [6.45, 7) is 1.12. The highest BCUT2D eigenvalue weighted by Gasteiger charge is 2.25. The van der Waals surface area contributed by atoms with Crippen LogP contribution in [0.3, 0.4) is 0 Å². The summed E-state index contributed by atoms with van der Waals surface area (Å²) in [5.41, 5.74) is 2.39. The first-order chi connectivity index (χ1) is 15.6. The maximum Gasteiger partial charge on any atom is 0.254 e. The Kier molecular flexibility index (Phi) is 8.70. The maximum absolute atomic E-state index is 12.9. The van der Waals surface area contributed by atoms with Gasteiger partial charge < -0.3 is 24.8 Å². The van der Waals surface area contributed by atoms with E-state index in [4.69, 9.17) is 14.2 Å². The number of benzene rings is 1. The summed E-state index contributed by atoms with van der Waals surface area (Å²) in [6, 6.07) is 5.38. The van der Waals surface area contributed by atoms with E-state index in [9.17, 15) is 9.59 Å². The van der Waals surface area contributed by atoms with E-state index >= 15 is 0 Å². The van der Waals surface area contributed by atoms with Crippen molar-refractivity contribution in [2.75, 3.05) is 39.8 Å². The number of hydrogen-bond acceptors (Lipinski definition) is 6. The number of aryl methyl sites for hydroxylation is 1. The molecule has 3 rings (SSSR count). The van der Waals surface area contributed by atoms with E-state index in [0.717, 1.165) is 43.2 Å². The minimum atomic E-state index is -0.304. The zero-order valence-corrected chi connectivity index (χ0v) is 19.6. The summed E-state index contributed by atoms with van der Waals surface area (Å²) >= 11 is 1.50. The number of fused-ring (bicyclic) bond motifs is 1. The fraction of sp³-hybridized carbons (Fsp3) is 0.417. The van der Waals surface area contributed by atoms with Crippen molar-refractivity contribution in [3.8, 4) is 11.5 Å². The van der Waals surface area contributed by atoms with Crippen LogP contribution in [0.2, 0.25) is 0 Å². The Morgan fingerprint density at radius 1 is 1.12 bits per heavy atom. The Hall–Kier alpha value is -2.84. The number of rotatable bonds is 10. The number of carbonyl (C=O) groups is 2. The van der Waals surface area contributed by atoms with Crippen molar-refractivity contribution in [1.82, 2.24) is 5.32 Å². The number of amides is 2. The van der Waals surface area contributed by atoms with Crippen LogP contribution in [-0.2, 0) is 22.4 Å². The van der Waals surface area contributed by atoms with Gasteiger partial charge in [-0.15, -0.1) is 11.3 Å². The number of carbonyl (C=O) groups excluding carboxylic acids is 2. The molecule has 0 radical (unpaired) electrons. The molecule has 1 aliphatic carbocycles. The standard InChI is InChI=1S/C24H30N2O5S/c1-29-14-6-13-25-23(28)22-18-7-4-5-8-20(18)32-24(22)26-21(27)12-9-16-15-17(30-2)10-11-19(16)31-3/h9-12,15H,4-8,13-14H2,1-3H3,(H,25,28)(H,26,27)/b12-9+. The van der Waals surface area contributed by atoms with Crippen LogP contribution in [0, 0.1) is 0 Å². The predicted octanol–water partition coefficient (Wildman–Crippen LogP) is 4.06. The highest BCUT2D eigenvalue weighted by molar-refractivity contribution is 7.17. The quantitative estimate of drug-likeness (QED) is 0.414. The van der Waals surface area contributed by atoms with Gasteiger partial charge in [-0.25, -0.2) is 0 Å². The molecule has 0 aliphatic heterocycles. The van der Waals surface area contributed by atoms with Gasteiger partial charge in [-0.3, -0.25) is 9.59 Å². The molecular weight excluding hydrogens is 428 g/mol. The van der Waals surface area contributed by atoms with Gasteiger partial charge >= 0.3 is 0 Å². The van der Waals surface area contributed by atoms with Crippen LogP contribution in [0.15, 0.2) is 24.3 Å². The summed E-state index contributed by atoms with van der Waals surface area (Å²) in [4.78, 5) is 26.8. The third-order valence-electron chi connectivity index (χ3n) is 5.30. The molecule has 0 spiro atoms. The van der Waals surface area contributed by atoms with Gasteiger partial charge in [-0.2, -0.15) is 0 Å². The first kappa shape index (κ1) is 23.8. The largest absolute Gasteiger partial charge is 0.497 e. The van der Waals surface area contributed by atoms with Gasteiger partial charge in [-0.1, -0.05) is 0 Å². The van der Waals surface area contributed by atoms with Crippen molar-refractivity contribution < 1.29 is 23.8 Å². The Balaban J connectivity index is 1.78. The van der Waals surface area contributed by atoms with Gasteiger partial charge in [0.1, 0.15) is 16.5 Å². The lowest BCUT2D eigenvalue weighted by atomic mass is 9.95. The van der Waals surface area contributed by atoms with Crippen LogP contribution in [-0.4, -0.2) is 46.3 Å². The molecule has 1 aromatic heterocycles. The van der Waals surface area contributed by atoms with Gasteiger partial charge in [0, 0.05) is 36.8 Å². The fourth-order valence-corrected chi connectivity index (χ4v) is 4.98. The Labute approximate surface area is 192 Å². The van der Waals surface area contributed by atoms with Gasteiger partial charge in [0.15, 0.2) is 0 Å². The second-order valence-corrected chi connectivity index (χ2v) is 8.55. The van der Waals surface area contributed by atoms with Crippen molar-refractivity contribution in [3.05, 3.63) is 45.8 Å². The van der Waals surface area contributed by atoms with Gasteiger partial charge in [0.2, 0.25) is 5.91 Å². The van der Waals surface area contributed by atoms with E-state index in [1.54, 1.807) is 45.6 Å². The lowest BCUT2D eigenvalue weighted by Gasteiger charge is -2.13. The molecule has 2 aromatic rings. The van der Waals surface area contributed by atoms with Crippen LogP contribution >= 0.6 is 11.3 Å². The van der Waals surface area contributed by atoms with Gasteiger partial charge in [0.05, 0.1) is 19.8 Å². The predicted molar refractivity (Wildman–Crippen MR) is 127 cm³/mol. The molecule has 0 bridgehead atoms. The Morgan fingerprint density at radius 2 is 1.94 bits per heavy atom. The molecular formula is C24H30N2O5S. The summed E-state index contributed by atoms with van der Waals surface area (Å²) in [5, 5.41) is 6.48. The zero-order chi connectivity index (χ0) is 22.9.